The predicted molar refractivity (Wildman–Crippen MR) is 135 cm³/mol. The van der Waals surface area contributed by atoms with Gasteiger partial charge in [0.1, 0.15) is 0 Å². The first-order valence-electron chi connectivity index (χ1n) is 11.4. The smallest absolute Gasteiger partial charge is 0.237 e. The van der Waals surface area contributed by atoms with Crippen LogP contribution in [-0.4, -0.2) is 65.9 Å². The zero-order chi connectivity index (χ0) is 23.9. The Kier molecular flexibility index (Phi) is 8.21. The molecule has 0 aliphatic carbocycles. The van der Waals surface area contributed by atoms with Crippen LogP contribution in [0.1, 0.15) is 12.5 Å². The number of thioether (sulfide) groups is 1. The van der Waals surface area contributed by atoms with Gasteiger partial charge in [-0.1, -0.05) is 35.5 Å². The minimum atomic E-state index is -0.352. The van der Waals surface area contributed by atoms with E-state index in [0.29, 0.717) is 18.3 Å². The van der Waals surface area contributed by atoms with Crippen LogP contribution >= 0.6 is 11.8 Å². The Hall–Kier alpha value is -2.88. The Morgan fingerprint density at radius 2 is 1.94 bits per heavy atom. The van der Waals surface area contributed by atoms with E-state index in [-0.39, 0.29) is 11.2 Å². The van der Waals surface area contributed by atoms with Crippen molar-refractivity contribution in [3.8, 4) is 11.4 Å². The number of aromatic nitrogens is 3. The van der Waals surface area contributed by atoms with Crippen LogP contribution in [0.25, 0.3) is 11.4 Å². The van der Waals surface area contributed by atoms with Crippen LogP contribution in [0.4, 0.5) is 11.4 Å². The number of rotatable bonds is 9. The van der Waals surface area contributed by atoms with E-state index in [1.54, 1.807) is 7.11 Å². The van der Waals surface area contributed by atoms with Gasteiger partial charge in [0, 0.05) is 37.1 Å². The lowest BCUT2D eigenvalue weighted by Crippen LogP contribution is -2.36. The van der Waals surface area contributed by atoms with Crippen LogP contribution < -0.4 is 10.2 Å². The van der Waals surface area contributed by atoms with E-state index in [1.807, 2.05) is 47.9 Å². The van der Waals surface area contributed by atoms with Gasteiger partial charge in [-0.05, 0) is 44.2 Å². The highest BCUT2D eigenvalue weighted by molar-refractivity contribution is 8.00. The molecule has 1 aliphatic rings. The maximum atomic E-state index is 12.9. The molecule has 1 saturated heterocycles. The van der Waals surface area contributed by atoms with Crippen molar-refractivity contribution in [3.05, 3.63) is 54.1 Å². The van der Waals surface area contributed by atoms with Gasteiger partial charge in [0.05, 0.1) is 31.6 Å². The average molecular weight is 482 g/mol. The summed E-state index contributed by atoms with van der Waals surface area (Å²) < 4.78 is 12.7. The summed E-state index contributed by atoms with van der Waals surface area (Å²) in [4.78, 5) is 15.2. The van der Waals surface area contributed by atoms with Crippen molar-refractivity contribution in [2.45, 2.75) is 30.8 Å². The van der Waals surface area contributed by atoms with Gasteiger partial charge in [0.15, 0.2) is 11.0 Å². The van der Waals surface area contributed by atoms with Crippen molar-refractivity contribution in [2.75, 3.05) is 50.2 Å². The first kappa shape index (κ1) is 24.3. The van der Waals surface area contributed by atoms with Gasteiger partial charge in [-0.15, -0.1) is 10.2 Å². The molecule has 2 heterocycles. The van der Waals surface area contributed by atoms with Gasteiger partial charge >= 0.3 is 0 Å². The lowest BCUT2D eigenvalue weighted by Gasteiger charge is -2.28. The first-order valence-corrected chi connectivity index (χ1v) is 12.3. The third-order valence-electron chi connectivity index (χ3n) is 5.67. The number of morpholine rings is 1. The van der Waals surface area contributed by atoms with Gasteiger partial charge in [0.2, 0.25) is 5.91 Å². The lowest BCUT2D eigenvalue weighted by atomic mass is 10.1. The fraction of sp³-hybridized carbons (Fsp3) is 0.400. The minimum Gasteiger partial charge on any atom is -0.383 e. The zero-order valence-electron chi connectivity index (χ0n) is 19.9. The van der Waals surface area contributed by atoms with Crippen molar-refractivity contribution in [3.63, 3.8) is 0 Å². The fourth-order valence-electron chi connectivity index (χ4n) is 3.79. The SMILES string of the molecule is COCCn1c(S[C@@H](C)C(=O)Nc2ccc(N3CCOCC3)cc2)nnc1-c1cccc(C)c1. The van der Waals surface area contributed by atoms with Crippen LogP contribution in [0.2, 0.25) is 0 Å². The highest BCUT2D eigenvalue weighted by atomic mass is 32.2. The van der Waals surface area contributed by atoms with Crippen molar-refractivity contribution in [1.82, 2.24) is 14.8 Å². The molecule has 1 aromatic heterocycles. The average Bonchev–Trinajstić information content (AvgIpc) is 3.25. The molecule has 1 amide bonds. The monoisotopic (exact) mass is 481 g/mol. The molecule has 0 saturated carbocycles. The first-order chi connectivity index (χ1) is 16.5. The predicted octanol–water partition coefficient (Wildman–Crippen LogP) is 3.86. The largest absolute Gasteiger partial charge is 0.383 e. The molecule has 0 spiro atoms. The second-order valence-electron chi connectivity index (χ2n) is 8.22. The van der Waals surface area contributed by atoms with Gasteiger partial charge < -0.3 is 19.7 Å². The van der Waals surface area contributed by atoms with Crippen LogP contribution in [0, 0.1) is 6.92 Å². The summed E-state index contributed by atoms with van der Waals surface area (Å²) in [7, 11) is 1.67. The minimum absolute atomic E-state index is 0.0810. The topological polar surface area (TPSA) is 81.5 Å². The standard InChI is InChI=1S/C25H31N5O3S/c1-18-5-4-6-20(17-18)23-27-28-25(30(23)13-14-32-3)34-19(2)24(31)26-21-7-9-22(10-8-21)29-11-15-33-16-12-29/h4-10,17,19H,11-16H2,1-3H3,(H,26,31)/t19-/m0/s1. The molecule has 1 fully saturated rings. The molecule has 3 aromatic rings. The zero-order valence-corrected chi connectivity index (χ0v) is 20.7. The molecule has 8 nitrogen and oxygen atoms in total. The third kappa shape index (κ3) is 5.97. The number of ether oxygens (including phenoxy) is 2. The van der Waals surface area contributed by atoms with Gasteiger partial charge in [0.25, 0.3) is 0 Å². The number of hydrogen-bond donors (Lipinski definition) is 1. The Morgan fingerprint density at radius 1 is 1.18 bits per heavy atom. The molecule has 9 heteroatoms. The van der Waals surface area contributed by atoms with E-state index in [2.05, 4.69) is 39.5 Å². The number of aryl methyl sites for hydroxylation is 1. The number of benzene rings is 2. The van der Waals surface area contributed by atoms with E-state index in [4.69, 9.17) is 9.47 Å². The number of amides is 1. The second-order valence-corrected chi connectivity index (χ2v) is 9.52. The molecule has 4 rings (SSSR count). The van der Waals surface area contributed by atoms with E-state index >= 15 is 0 Å². The Labute approximate surface area is 204 Å². The molecule has 1 atom stereocenters. The molecular weight excluding hydrogens is 450 g/mol. The quantitative estimate of drug-likeness (QED) is 0.465. The van der Waals surface area contributed by atoms with Gasteiger partial charge in [-0.3, -0.25) is 9.36 Å². The summed E-state index contributed by atoms with van der Waals surface area (Å²) in [6.07, 6.45) is 0. The van der Waals surface area contributed by atoms with Crippen molar-refractivity contribution < 1.29 is 14.3 Å². The maximum absolute atomic E-state index is 12.9. The maximum Gasteiger partial charge on any atom is 0.237 e. The van der Waals surface area contributed by atoms with E-state index < -0.39 is 0 Å². The van der Waals surface area contributed by atoms with E-state index in [9.17, 15) is 4.79 Å². The van der Waals surface area contributed by atoms with Crippen LogP contribution in [0.15, 0.2) is 53.7 Å². The van der Waals surface area contributed by atoms with E-state index in [1.165, 1.54) is 11.8 Å². The molecule has 0 radical (unpaired) electrons. The van der Waals surface area contributed by atoms with Gasteiger partial charge in [-0.2, -0.15) is 0 Å². The molecule has 34 heavy (non-hydrogen) atoms. The molecule has 2 aromatic carbocycles. The molecule has 0 bridgehead atoms. The summed E-state index contributed by atoms with van der Waals surface area (Å²) in [5.74, 6) is 0.692. The normalized spacial score (nSPS) is 14.7. The fourth-order valence-corrected chi connectivity index (χ4v) is 4.67. The van der Waals surface area contributed by atoms with Crippen LogP contribution in [0.5, 0.6) is 0 Å². The van der Waals surface area contributed by atoms with Crippen LogP contribution in [-0.2, 0) is 20.8 Å². The number of nitrogens with one attached hydrogen (secondary N) is 1. The summed E-state index contributed by atoms with van der Waals surface area (Å²) in [6.45, 7) is 8.31. The number of methoxy groups -OCH3 is 1. The molecule has 1 N–H and O–H groups in total. The van der Waals surface area contributed by atoms with Crippen molar-refractivity contribution in [1.29, 1.82) is 0 Å². The Morgan fingerprint density at radius 3 is 2.65 bits per heavy atom. The summed E-state index contributed by atoms with van der Waals surface area (Å²) in [5.41, 5.74) is 4.06. The Bertz CT molecular complexity index is 1100. The van der Waals surface area contributed by atoms with Crippen LogP contribution in [0.3, 0.4) is 0 Å². The van der Waals surface area contributed by atoms with Gasteiger partial charge in [-0.25, -0.2) is 0 Å². The number of hydrogen-bond acceptors (Lipinski definition) is 7. The van der Waals surface area contributed by atoms with E-state index in [0.717, 1.165) is 54.6 Å². The Balaban J connectivity index is 1.43. The second kappa shape index (κ2) is 11.5. The molecule has 180 valence electrons. The highest BCUT2D eigenvalue weighted by Crippen LogP contribution is 2.28. The van der Waals surface area contributed by atoms with Crippen molar-refractivity contribution >= 4 is 29.0 Å². The summed E-state index contributed by atoms with van der Waals surface area (Å²) in [5, 5.41) is 12.2. The molecule has 0 unspecified atom stereocenters. The number of anilines is 2. The lowest BCUT2D eigenvalue weighted by molar-refractivity contribution is -0.115. The number of carbonyl (C=O) groups excluding carboxylic acids is 1. The number of nitrogens with zero attached hydrogens (tertiary/aromatic N) is 4. The highest BCUT2D eigenvalue weighted by Gasteiger charge is 2.21. The third-order valence-corrected chi connectivity index (χ3v) is 6.76. The molecule has 1 aliphatic heterocycles. The van der Waals surface area contributed by atoms with Crippen molar-refractivity contribution in [2.24, 2.45) is 0 Å². The molecular formula is C25H31N5O3S. The number of carbonyl (C=O) groups is 1. The summed E-state index contributed by atoms with van der Waals surface area (Å²) in [6, 6.07) is 16.1. The summed E-state index contributed by atoms with van der Waals surface area (Å²) >= 11 is 1.39.